The fourth-order valence-electron chi connectivity index (χ4n) is 2.50. The molecule has 0 aromatic heterocycles. The van der Waals surface area contributed by atoms with Crippen LogP contribution in [0.3, 0.4) is 0 Å². The zero-order valence-corrected chi connectivity index (χ0v) is 11.2. The average Bonchev–Trinajstić information content (AvgIpc) is 2.28. The summed E-state index contributed by atoms with van der Waals surface area (Å²) in [7, 11) is 0. The van der Waals surface area contributed by atoms with Crippen molar-refractivity contribution in [3.05, 3.63) is 0 Å². The number of carbonyl (C=O) groups excluding carboxylic acids is 1. The number of hydrogen-bond donors (Lipinski definition) is 3. The first-order valence-electron chi connectivity index (χ1n) is 6.82. The van der Waals surface area contributed by atoms with Gasteiger partial charge in [-0.15, -0.1) is 0 Å². The van der Waals surface area contributed by atoms with Gasteiger partial charge in [-0.3, -0.25) is 0 Å². The number of rotatable bonds is 5. The van der Waals surface area contributed by atoms with E-state index in [2.05, 4.69) is 17.6 Å². The summed E-state index contributed by atoms with van der Waals surface area (Å²) in [6.45, 7) is 4.08. The highest BCUT2D eigenvalue weighted by atomic mass is 16.4. The summed E-state index contributed by atoms with van der Waals surface area (Å²) in [6.07, 6.45) is 5.51. The molecule has 1 aliphatic carbocycles. The van der Waals surface area contributed by atoms with Crippen molar-refractivity contribution in [2.45, 2.75) is 64.5 Å². The van der Waals surface area contributed by atoms with Gasteiger partial charge >= 0.3 is 12.0 Å². The largest absolute Gasteiger partial charge is 0.480 e. The second-order valence-electron chi connectivity index (χ2n) is 5.27. The fraction of sp³-hybridized carbons (Fsp3) is 0.846. The van der Waals surface area contributed by atoms with Gasteiger partial charge in [-0.1, -0.05) is 33.1 Å². The van der Waals surface area contributed by atoms with Crippen LogP contribution < -0.4 is 10.6 Å². The normalized spacial score (nSPS) is 25.2. The summed E-state index contributed by atoms with van der Waals surface area (Å²) in [5.41, 5.74) is 0. The van der Waals surface area contributed by atoms with Crippen LogP contribution in [0.5, 0.6) is 0 Å². The van der Waals surface area contributed by atoms with Crippen molar-refractivity contribution in [2.75, 3.05) is 0 Å². The molecule has 3 atom stereocenters. The van der Waals surface area contributed by atoms with Gasteiger partial charge in [-0.05, 0) is 25.2 Å². The van der Waals surface area contributed by atoms with Gasteiger partial charge < -0.3 is 15.7 Å². The molecule has 3 N–H and O–H groups in total. The molecule has 104 valence electrons. The molecule has 1 aliphatic rings. The minimum Gasteiger partial charge on any atom is -0.480 e. The van der Waals surface area contributed by atoms with Crippen LogP contribution >= 0.6 is 0 Å². The van der Waals surface area contributed by atoms with Crippen LogP contribution in [0, 0.1) is 5.92 Å². The number of aliphatic carboxylic acids is 1. The van der Waals surface area contributed by atoms with E-state index < -0.39 is 12.0 Å². The van der Waals surface area contributed by atoms with Crippen LogP contribution in [0.4, 0.5) is 4.79 Å². The molecule has 2 unspecified atom stereocenters. The summed E-state index contributed by atoms with van der Waals surface area (Å²) in [4.78, 5) is 22.6. The lowest BCUT2D eigenvalue weighted by molar-refractivity contribution is -0.139. The van der Waals surface area contributed by atoms with Crippen molar-refractivity contribution in [1.82, 2.24) is 10.6 Å². The molecule has 1 fully saturated rings. The van der Waals surface area contributed by atoms with Crippen LogP contribution in [0.15, 0.2) is 0 Å². The number of urea groups is 1. The van der Waals surface area contributed by atoms with E-state index in [0.717, 1.165) is 25.7 Å². The standard InChI is InChI=1S/C13H24N2O3/c1-3-5-11(12(16)17)15-13(18)14-10-7-4-6-9(2)8-10/h9-11H,3-8H2,1-2H3,(H,16,17)(H2,14,15,18)/t9?,10?,11-/m0/s1. The van der Waals surface area contributed by atoms with Crippen molar-refractivity contribution >= 4 is 12.0 Å². The van der Waals surface area contributed by atoms with E-state index >= 15 is 0 Å². The monoisotopic (exact) mass is 256 g/mol. The Morgan fingerprint density at radius 3 is 2.67 bits per heavy atom. The zero-order chi connectivity index (χ0) is 13.5. The van der Waals surface area contributed by atoms with Gasteiger partial charge in [0, 0.05) is 6.04 Å². The topological polar surface area (TPSA) is 78.4 Å². The highest BCUT2D eigenvalue weighted by Crippen LogP contribution is 2.23. The van der Waals surface area contributed by atoms with E-state index in [0.29, 0.717) is 12.3 Å². The maximum atomic E-state index is 11.7. The van der Waals surface area contributed by atoms with Gasteiger partial charge in [-0.2, -0.15) is 0 Å². The molecule has 1 rings (SSSR count). The quantitative estimate of drug-likeness (QED) is 0.705. The van der Waals surface area contributed by atoms with Crippen LogP contribution in [0.25, 0.3) is 0 Å². The molecule has 0 aliphatic heterocycles. The van der Waals surface area contributed by atoms with Gasteiger partial charge in [0.25, 0.3) is 0 Å². The molecule has 5 heteroatoms. The van der Waals surface area contributed by atoms with Crippen molar-refractivity contribution < 1.29 is 14.7 Å². The first kappa shape index (κ1) is 14.8. The third kappa shape index (κ3) is 4.94. The van der Waals surface area contributed by atoms with E-state index in [9.17, 15) is 9.59 Å². The Bertz CT molecular complexity index is 294. The predicted molar refractivity (Wildman–Crippen MR) is 69.4 cm³/mol. The van der Waals surface area contributed by atoms with Crippen LogP contribution in [-0.4, -0.2) is 29.2 Å². The number of hydrogen-bond acceptors (Lipinski definition) is 2. The smallest absolute Gasteiger partial charge is 0.326 e. The highest BCUT2D eigenvalue weighted by molar-refractivity contribution is 5.82. The lowest BCUT2D eigenvalue weighted by atomic mass is 9.87. The summed E-state index contributed by atoms with van der Waals surface area (Å²) in [5, 5.41) is 14.4. The fourth-order valence-corrected chi connectivity index (χ4v) is 2.50. The number of carbonyl (C=O) groups is 2. The number of carboxylic acid groups (broad SMARTS) is 1. The number of nitrogens with one attached hydrogen (secondary N) is 2. The Hall–Kier alpha value is -1.26. The SMILES string of the molecule is CCC[C@H](NC(=O)NC1CCCC(C)C1)C(=O)O. The van der Waals surface area contributed by atoms with Crippen LogP contribution in [0.2, 0.25) is 0 Å². The van der Waals surface area contributed by atoms with Gasteiger partial charge in [0.1, 0.15) is 6.04 Å². The van der Waals surface area contributed by atoms with Crippen LogP contribution in [-0.2, 0) is 4.79 Å². The van der Waals surface area contributed by atoms with Crippen molar-refractivity contribution in [3.63, 3.8) is 0 Å². The molecular formula is C13H24N2O3. The van der Waals surface area contributed by atoms with E-state index in [1.54, 1.807) is 0 Å². The third-order valence-corrected chi connectivity index (χ3v) is 3.45. The third-order valence-electron chi connectivity index (χ3n) is 3.45. The Kier molecular flexibility index (Phi) is 5.95. The molecule has 0 bridgehead atoms. The minimum atomic E-state index is -0.969. The summed E-state index contributed by atoms with van der Waals surface area (Å²) in [5.74, 6) is -0.334. The molecule has 1 saturated carbocycles. The molecule has 0 heterocycles. The Morgan fingerprint density at radius 2 is 2.11 bits per heavy atom. The van der Waals surface area contributed by atoms with E-state index in [4.69, 9.17) is 5.11 Å². The van der Waals surface area contributed by atoms with Crippen LogP contribution in [0.1, 0.15) is 52.4 Å². The molecular weight excluding hydrogens is 232 g/mol. The van der Waals surface area contributed by atoms with Gasteiger partial charge in [0.05, 0.1) is 0 Å². The van der Waals surface area contributed by atoms with E-state index in [-0.39, 0.29) is 12.1 Å². The maximum absolute atomic E-state index is 11.7. The predicted octanol–water partition coefficient (Wildman–Crippen LogP) is 2.12. The molecule has 0 aromatic rings. The Morgan fingerprint density at radius 1 is 1.39 bits per heavy atom. The molecule has 18 heavy (non-hydrogen) atoms. The molecule has 2 amide bonds. The lowest BCUT2D eigenvalue weighted by Gasteiger charge is -2.28. The second-order valence-corrected chi connectivity index (χ2v) is 5.27. The van der Waals surface area contributed by atoms with E-state index in [1.807, 2.05) is 6.92 Å². The molecule has 0 spiro atoms. The summed E-state index contributed by atoms with van der Waals surface area (Å²) >= 11 is 0. The molecule has 5 nitrogen and oxygen atoms in total. The first-order chi connectivity index (χ1) is 8.52. The number of amides is 2. The summed E-state index contributed by atoms with van der Waals surface area (Å²) in [6, 6.07) is -0.948. The first-order valence-corrected chi connectivity index (χ1v) is 6.82. The van der Waals surface area contributed by atoms with Crippen molar-refractivity contribution in [3.8, 4) is 0 Å². The van der Waals surface area contributed by atoms with Crippen molar-refractivity contribution in [2.24, 2.45) is 5.92 Å². The zero-order valence-electron chi connectivity index (χ0n) is 11.2. The van der Waals surface area contributed by atoms with Gasteiger partial charge in [0.15, 0.2) is 0 Å². The molecule has 0 saturated heterocycles. The van der Waals surface area contributed by atoms with Gasteiger partial charge in [0.2, 0.25) is 0 Å². The summed E-state index contributed by atoms with van der Waals surface area (Å²) < 4.78 is 0. The average molecular weight is 256 g/mol. The highest BCUT2D eigenvalue weighted by Gasteiger charge is 2.23. The van der Waals surface area contributed by atoms with Gasteiger partial charge in [-0.25, -0.2) is 9.59 Å². The van der Waals surface area contributed by atoms with Crippen molar-refractivity contribution in [1.29, 1.82) is 0 Å². The Labute approximate surface area is 108 Å². The Balaban J connectivity index is 2.37. The second kappa shape index (κ2) is 7.24. The van der Waals surface area contributed by atoms with E-state index in [1.165, 1.54) is 6.42 Å². The minimum absolute atomic E-state index is 0.185. The number of carboxylic acids is 1. The lowest BCUT2D eigenvalue weighted by Crippen LogP contribution is -2.49. The molecule has 0 radical (unpaired) electrons. The molecule has 0 aromatic carbocycles. The maximum Gasteiger partial charge on any atom is 0.326 e.